The van der Waals surface area contributed by atoms with E-state index in [9.17, 15) is 0 Å². The SMILES string of the molecule is Brc1cnc2cccc(Br)c2c1. The first-order chi connectivity index (χ1) is 5.77. The molecule has 0 unspecified atom stereocenters. The summed E-state index contributed by atoms with van der Waals surface area (Å²) in [6.45, 7) is 0. The van der Waals surface area contributed by atoms with Crippen LogP contribution >= 0.6 is 31.9 Å². The Balaban J connectivity index is 2.88. The Morgan fingerprint density at radius 3 is 2.83 bits per heavy atom. The van der Waals surface area contributed by atoms with Gasteiger partial charge in [0.2, 0.25) is 0 Å². The highest BCUT2D eigenvalue weighted by molar-refractivity contribution is 9.11. The zero-order valence-electron chi connectivity index (χ0n) is 6.09. The minimum Gasteiger partial charge on any atom is -0.255 e. The molecule has 0 saturated carbocycles. The van der Waals surface area contributed by atoms with Gasteiger partial charge in [0.15, 0.2) is 0 Å². The summed E-state index contributed by atoms with van der Waals surface area (Å²) < 4.78 is 2.08. The molecule has 0 atom stereocenters. The van der Waals surface area contributed by atoms with Crippen LogP contribution in [0.4, 0.5) is 0 Å². The normalized spacial score (nSPS) is 10.5. The number of pyridine rings is 1. The molecule has 0 bridgehead atoms. The van der Waals surface area contributed by atoms with E-state index in [0.29, 0.717) is 0 Å². The van der Waals surface area contributed by atoms with Gasteiger partial charge in [-0.1, -0.05) is 22.0 Å². The number of hydrogen-bond donors (Lipinski definition) is 0. The van der Waals surface area contributed by atoms with Crippen molar-refractivity contribution < 1.29 is 0 Å². The lowest BCUT2D eigenvalue weighted by Crippen LogP contribution is -1.78. The second-order valence-electron chi connectivity index (χ2n) is 2.46. The van der Waals surface area contributed by atoms with E-state index in [1.807, 2.05) is 24.3 Å². The van der Waals surface area contributed by atoms with Gasteiger partial charge in [-0.25, -0.2) is 0 Å². The summed E-state index contributed by atoms with van der Waals surface area (Å²) in [5, 5.41) is 1.13. The van der Waals surface area contributed by atoms with Crippen molar-refractivity contribution in [3.8, 4) is 0 Å². The van der Waals surface area contributed by atoms with Gasteiger partial charge in [0.05, 0.1) is 5.52 Å². The minimum absolute atomic E-state index is 1.00. The molecule has 0 radical (unpaired) electrons. The van der Waals surface area contributed by atoms with Crippen LogP contribution in [0.1, 0.15) is 0 Å². The molecule has 0 spiro atoms. The van der Waals surface area contributed by atoms with Gasteiger partial charge in [-0.3, -0.25) is 4.98 Å². The molecule has 0 N–H and O–H groups in total. The second-order valence-corrected chi connectivity index (χ2v) is 4.23. The minimum atomic E-state index is 1.00. The average Bonchev–Trinajstić information content (AvgIpc) is 2.07. The standard InChI is InChI=1S/C9H5Br2N/c10-6-4-7-8(11)2-1-3-9(7)12-5-6/h1-5H. The maximum atomic E-state index is 4.26. The first-order valence-corrected chi connectivity index (χ1v) is 5.06. The molecule has 0 aliphatic rings. The molecule has 1 aromatic heterocycles. The third kappa shape index (κ3) is 1.39. The Kier molecular flexibility index (Phi) is 2.15. The summed E-state index contributed by atoms with van der Waals surface area (Å²) in [7, 11) is 0. The van der Waals surface area contributed by atoms with Crippen molar-refractivity contribution in [2.75, 3.05) is 0 Å². The molecule has 0 saturated heterocycles. The number of benzene rings is 1. The van der Waals surface area contributed by atoms with Crippen molar-refractivity contribution in [3.63, 3.8) is 0 Å². The first-order valence-electron chi connectivity index (χ1n) is 3.47. The number of nitrogens with zero attached hydrogens (tertiary/aromatic N) is 1. The van der Waals surface area contributed by atoms with Crippen molar-refractivity contribution in [2.24, 2.45) is 0 Å². The number of rotatable bonds is 0. The topological polar surface area (TPSA) is 12.9 Å². The lowest BCUT2D eigenvalue weighted by molar-refractivity contribution is 1.39. The molecule has 3 heteroatoms. The lowest BCUT2D eigenvalue weighted by atomic mass is 10.2. The molecule has 2 rings (SSSR count). The summed E-state index contributed by atoms with van der Waals surface area (Å²) in [6.07, 6.45) is 1.80. The molecule has 12 heavy (non-hydrogen) atoms. The highest BCUT2D eigenvalue weighted by atomic mass is 79.9. The van der Waals surface area contributed by atoms with Crippen LogP contribution in [-0.2, 0) is 0 Å². The van der Waals surface area contributed by atoms with E-state index in [1.54, 1.807) is 6.20 Å². The van der Waals surface area contributed by atoms with Crippen LogP contribution in [0.2, 0.25) is 0 Å². The largest absolute Gasteiger partial charge is 0.255 e. The van der Waals surface area contributed by atoms with Crippen LogP contribution in [-0.4, -0.2) is 4.98 Å². The monoisotopic (exact) mass is 285 g/mol. The maximum Gasteiger partial charge on any atom is 0.0714 e. The fourth-order valence-corrected chi connectivity index (χ4v) is 1.89. The summed E-state index contributed by atoms with van der Waals surface area (Å²) in [5.41, 5.74) is 1.01. The smallest absolute Gasteiger partial charge is 0.0714 e. The van der Waals surface area contributed by atoms with Crippen molar-refractivity contribution >= 4 is 42.8 Å². The van der Waals surface area contributed by atoms with E-state index in [4.69, 9.17) is 0 Å². The van der Waals surface area contributed by atoms with Crippen molar-refractivity contribution in [3.05, 3.63) is 39.4 Å². The molecule has 0 amide bonds. The van der Waals surface area contributed by atoms with E-state index in [1.165, 1.54) is 0 Å². The Morgan fingerprint density at radius 1 is 1.17 bits per heavy atom. The van der Waals surface area contributed by atoms with Gasteiger partial charge >= 0.3 is 0 Å². The van der Waals surface area contributed by atoms with Gasteiger partial charge in [-0.2, -0.15) is 0 Å². The Bertz CT molecular complexity index is 426. The molecule has 2 aromatic rings. The van der Waals surface area contributed by atoms with E-state index in [2.05, 4.69) is 36.8 Å². The maximum absolute atomic E-state index is 4.26. The molecule has 1 nitrogen and oxygen atoms in total. The molecule has 0 aliphatic carbocycles. The summed E-state index contributed by atoms with van der Waals surface area (Å²) in [5.74, 6) is 0. The average molecular weight is 287 g/mol. The fourth-order valence-electron chi connectivity index (χ4n) is 1.09. The van der Waals surface area contributed by atoms with E-state index >= 15 is 0 Å². The lowest BCUT2D eigenvalue weighted by Gasteiger charge is -1.98. The molecular formula is C9H5Br2N. The molecule has 60 valence electrons. The fraction of sp³-hybridized carbons (Fsp3) is 0. The van der Waals surface area contributed by atoms with Crippen LogP contribution in [0.15, 0.2) is 39.4 Å². The van der Waals surface area contributed by atoms with Crippen molar-refractivity contribution in [1.82, 2.24) is 4.98 Å². The molecule has 1 heterocycles. The van der Waals surface area contributed by atoms with Crippen LogP contribution in [0.25, 0.3) is 10.9 Å². The highest BCUT2D eigenvalue weighted by Crippen LogP contribution is 2.24. The van der Waals surface area contributed by atoms with Crippen LogP contribution in [0.5, 0.6) is 0 Å². The predicted octanol–water partition coefficient (Wildman–Crippen LogP) is 3.76. The van der Waals surface area contributed by atoms with Gasteiger partial charge in [-0.05, 0) is 34.1 Å². The predicted molar refractivity (Wildman–Crippen MR) is 57.1 cm³/mol. The third-order valence-electron chi connectivity index (χ3n) is 1.64. The molecular weight excluding hydrogens is 282 g/mol. The molecule has 0 fully saturated rings. The van der Waals surface area contributed by atoms with Crippen molar-refractivity contribution in [2.45, 2.75) is 0 Å². The molecule has 1 aromatic carbocycles. The van der Waals surface area contributed by atoms with Crippen LogP contribution in [0.3, 0.4) is 0 Å². The van der Waals surface area contributed by atoms with Gasteiger partial charge in [0, 0.05) is 20.5 Å². The van der Waals surface area contributed by atoms with Crippen LogP contribution in [0, 0.1) is 0 Å². The first kappa shape index (κ1) is 8.20. The van der Waals surface area contributed by atoms with Gasteiger partial charge in [0.25, 0.3) is 0 Å². The zero-order valence-corrected chi connectivity index (χ0v) is 9.26. The van der Waals surface area contributed by atoms with Gasteiger partial charge < -0.3 is 0 Å². The summed E-state index contributed by atoms with van der Waals surface area (Å²) in [6, 6.07) is 8.03. The van der Waals surface area contributed by atoms with Crippen molar-refractivity contribution in [1.29, 1.82) is 0 Å². The Labute approximate surface area is 87.1 Å². The van der Waals surface area contributed by atoms with E-state index in [-0.39, 0.29) is 0 Å². The molecule has 0 aliphatic heterocycles. The summed E-state index contributed by atoms with van der Waals surface area (Å²) >= 11 is 6.85. The second kappa shape index (κ2) is 3.15. The highest BCUT2D eigenvalue weighted by Gasteiger charge is 1.98. The van der Waals surface area contributed by atoms with Gasteiger partial charge in [-0.15, -0.1) is 0 Å². The Hall–Kier alpha value is -0.410. The number of fused-ring (bicyclic) bond motifs is 1. The number of hydrogen-bond acceptors (Lipinski definition) is 1. The summed E-state index contributed by atoms with van der Waals surface area (Å²) in [4.78, 5) is 4.26. The van der Waals surface area contributed by atoms with Crippen LogP contribution < -0.4 is 0 Å². The van der Waals surface area contributed by atoms with Gasteiger partial charge in [0.1, 0.15) is 0 Å². The number of halogens is 2. The Morgan fingerprint density at radius 2 is 2.00 bits per heavy atom. The van der Waals surface area contributed by atoms with E-state index in [0.717, 1.165) is 19.8 Å². The quantitative estimate of drug-likeness (QED) is 0.719. The third-order valence-corrected chi connectivity index (χ3v) is 2.76. The number of aromatic nitrogens is 1. The zero-order chi connectivity index (χ0) is 8.55. The van der Waals surface area contributed by atoms with E-state index < -0.39 is 0 Å².